The van der Waals surface area contributed by atoms with Crippen LogP contribution in [0, 0.1) is 24.6 Å². The Morgan fingerprint density at radius 3 is 2.90 bits per heavy atom. The highest BCUT2D eigenvalue weighted by molar-refractivity contribution is 6.03. The lowest BCUT2D eigenvalue weighted by atomic mass is 10.1. The number of aromatic nitrogens is 2. The van der Waals surface area contributed by atoms with Gasteiger partial charge in [0.2, 0.25) is 5.89 Å². The molecule has 0 radical (unpaired) electrons. The van der Waals surface area contributed by atoms with E-state index in [1.165, 1.54) is 12.1 Å². The summed E-state index contributed by atoms with van der Waals surface area (Å²) in [7, 11) is 0. The van der Waals surface area contributed by atoms with Crippen molar-refractivity contribution in [3.8, 4) is 11.8 Å². The van der Waals surface area contributed by atoms with E-state index < -0.39 is 11.7 Å². The van der Waals surface area contributed by atoms with Crippen molar-refractivity contribution in [2.24, 2.45) is 0 Å². The number of nitrogens with zero attached hydrogens (tertiary/aromatic N) is 2. The molecular formula is C14H12FN3O3. The molecule has 6 nitrogen and oxygen atoms in total. The highest BCUT2D eigenvalue weighted by atomic mass is 19.1. The van der Waals surface area contributed by atoms with Gasteiger partial charge in [-0.25, -0.2) is 4.39 Å². The summed E-state index contributed by atoms with van der Waals surface area (Å²) in [6.45, 7) is 1.52. The normalized spacial score (nSPS) is 9.86. The highest BCUT2D eigenvalue weighted by Crippen LogP contribution is 2.13. The molecule has 7 heteroatoms. The Morgan fingerprint density at radius 1 is 1.48 bits per heavy atom. The monoisotopic (exact) mass is 289 g/mol. The van der Waals surface area contributed by atoms with Crippen molar-refractivity contribution >= 4 is 11.9 Å². The van der Waals surface area contributed by atoms with Crippen LogP contribution in [0.5, 0.6) is 0 Å². The summed E-state index contributed by atoms with van der Waals surface area (Å²) in [6.07, 6.45) is 0.306. The average molecular weight is 289 g/mol. The predicted molar refractivity (Wildman–Crippen MR) is 72.0 cm³/mol. The number of nitrogens with one attached hydrogen (secondary N) is 1. The van der Waals surface area contributed by atoms with Gasteiger partial charge < -0.3 is 9.52 Å². The van der Waals surface area contributed by atoms with Crippen molar-refractivity contribution in [1.29, 1.82) is 0 Å². The molecule has 2 aromatic rings. The molecule has 0 aliphatic heterocycles. The van der Waals surface area contributed by atoms with E-state index in [-0.39, 0.29) is 18.2 Å². The molecule has 0 bridgehead atoms. The van der Waals surface area contributed by atoms with E-state index in [1.807, 2.05) is 0 Å². The number of amides is 1. The third-order valence-electron chi connectivity index (χ3n) is 2.43. The lowest BCUT2D eigenvalue weighted by molar-refractivity contribution is 0.102. The third kappa shape index (κ3) is 3.87. The first-order valence-corrected chi connectivity index (χ1v) is 6.11. The number of aliphatic hydroxyl groups is 1. The first-order valence-electron chi connectivity index (χ1n) is 6.11. The molecule has 0 fully saturated rings. The summed E-state index contributed by atoms with van der Waals surface area (Å²) >= 11 is 0. The van der Waals surface area contributed by atoms with Crippen molar-refractivity contribution in [2.45, 2.75) is 13.3 Å². The van der Waals surface area contributed by atoms with Gasteiger partial charge in [0.15, 0.2) is 0 Å². The smallest absolute Gasteiger partial charge is 0.322 e. The number of carbonyl (C=O) groups excluding carboxylic acids is 1. The molecule has 2 rings (SSSR count). The summed E-state index contributed by atoms with van der Waals surface area (Å²) in [5.74, 6) is 4.25. The molecular weight excluding hydrogens is 277 g/mol. The molecule has 0 atom stereocenters. The molecule has 108 valence electrons. The number of anilines is 1. The van der Waals surface area contributed by atoms with Gasteiger partial charge in [0, 0.05) is 18.9 Å². The minimum Gasteiger partial charge on any atom is -0.408 e. The molecule has 1 aromatic heterocycles. The Labute approximate surface area is 120 Å². The maximum atomic E-state index is 13.9. The van der Waals surface area contributed by atoms with Crippen molar-refractivity contribution in [3.63, 3.8) is 0 Å². The van der Waals surface area contributed by atoms with Crippen molar-refractivity contribution < 1.29 is 18.7 Å². The van der Waals surface area contributed by atoms with E-state index in [4.69, 9.17) is 9.52 Å². The van der Waals surface area contributed by atoms with Crippen molar-refractivity contribution in [2.75, 3.05) is 11.9 Å². The molecule has 21 heavy (non-hydrogen) atoms. The fraction of sp³-hybridized carbons (Fsp3) is 0.214. The fourth-order valence-corrected chi connectivity index (χ4v) is 1.51. The molecule has 1 aromatic carbocycles. The van der Waals surface area contributed by atoms with Crippen LogP contribution in [0.1, 0.15) is 28.2 Å². The Hall–Kier alpha value is -2.72. The van der Waals surface area contributed by atoms with Gasteiger partial charge in [-0.1, -0.05) is 16.9 Å². The van der Waals surface area contributed by atoms with Gasteiger partial charge in [0.05, 0.1) is 12.2 Å². The van der Waals surface area contributed by atoms with Crippen molar-refractivity contribution in [3.05, 3.63) is 41.0 Å². The van der Waals surface area contributed by atoms with Gasteiger partial charge in [0.25, 0.3) is 5.91 Å². The second kappa shape index (κ2) is 6.63. The molecule has 2 N–H and O–H groups in total. The lowest BCUT2D eigenvalue weighted by Crippen LogP contribution is -2.14. The molecule has 0 unspecified atom stereocenters. The van der Waals surface area contributed by atoms with Crippen LogP contribution < -0.4 is 5.32 Å². The van der Waals surface area contributed by atoms with Crippen LogP contribution in [0.2, 0.25) is 0 Å². The molecule has 0 saturated carbocycles. The second-order valence-corrected chi connectivity index (χ2v) is 4.05. The van der Waals surface area contributed by atoms with Gasteiger partial charge in [-0.3, -0.25) is 10.1 Å². The van der Waals surface area contributed by atoms with Crippen LogP contribution in [0.3, 0.4) is 0 Å². The third-order valence-corrected chi connectivity index (χ3v) is 2.43. The van der Waals surface area contributed by atoms with Crippen LogP contribution in [0.25, 0.3) is 0 Å². The van der Waals surface area contributed by atoms with E-state index in [2.05, 4.69) is 27.4 Å². The summed E-state index contributed by atoms with van der Waals surface area (Å²) in [4.78, 5) is 11.9. The molecule has 1 amide bonds. The highest BCUT2D eigenvalue weighted by Gasteiger charge is 2.14. The van der Waals surface area contributed by atoms with E-state index >= 15 is 0 Å². The van der Waals surface area contributed by atoms with Gasteiger partial charge in [-0.2, -0.15) is 0 Å². The zero-order valence-corrected chi connectivity index (χ0v) is 11.2. The van der Waals surface area contributed by atoms with Crippen LogP contribution in [-0.4, -0.2) is 27.8 Å². The van der Waals surface area contributed by atoms with Gasteiger partial charge >= 0.3 is 6.01 Å². The standard InChI is InChI=1S/C14H12FN3O3/c1-9-17-18-14(21-9)16-13(20)11-6-5-10(8-12(11)15)4-2-3-7-19/h5-6,8,19H,3,7H2,1H3,(H,16,18,20). The summed E-state index contributed by atoms with van der Waals surface area (Å²) in [5.41, 5.74) is 0.268. The van der Waals surface area contributed by atoms with Gasteiger partial charge in [0.1, 0.15) is 5.82 Å². The lowest BCUT2D eigenvalue weighted by Gasteiger charge is -2.02. The number of carbonyl (C=O) groups is 1. The number of aryl methyl sites for hydroxylation is 1. The number of hydrogen-bond donors (Lipinski definition) is 2. The maximum absolute atomic E-state index is 13.9. The zero-order valence-electron chi connectivity index (χ0n) is 11.2. The molecule has 0 aliphatic rings. The van der Waals surface area contributed by atoms with E-state index in [0.717, 1.165) is 6.07 Å². The SMILES string of the molecule is Cc1nnc(NC(=O)c2ccc(C#CCCO)cc2F)o1. The van der Waals surface area contributed by atoms with E-state index in [9.17, 15) is 9.18 Å². The van der Waals surface area contributed by atoms with Crippen LogP contribution in [-0.2, 0) is 0 Å². The van der Waals surface area contributed by atoms with Crippen molar-refractivity contribution in [1.82, 2.24) is 10.2 Å². The minimum absolute atomic E-state index is 0.0560. The molecule has 0 spiro atoms. The molecule has 1 heterocycles. The van der Waals surface area contributed by atoms with Crippen LogP contribution in [0.15, 0.2) is 22.6 Å². The van der Waals surface area contributed by atoms with E-state index in [1.54, 1.807) is 6.92 Å². The summed E-state index contributed by atoms with van der Waals surface area (Å²) in [5, 5.41) is 18.1. The number of hydrogen-bond acceptors (Lipinski definition) is 5. The predicted octanol–water partition coefficient (Wildman–Crippen LogP) is 1.50. The Morgan fingerprint density at radius 2 is 2.29 bits per heavy atom. The average Bonchev–Trinajstić information content (AvgIpc) is 2.84. The largest absolute Gasteiger partial charge is 0.408 e. The van der Waals surface area contributed by atoms with Gasteiger partial charge in [-0.15, -0.1) is 5.10 Å². The van der Waals surface area contributed by atoms with Crippen LogP contribution >= 0.6 is 0 Å². The summed E-state index contributed by atoms with van der Waals surface area (Å²) in [6, 6.07) is 3.89. The Kier molecular flexibility index (Phi) is 4.64. The zero-order chi connectivity index (χ0) is 15.2. The Bertz CT molecular complexity index is 716. The number of aliphatic hydroxyl groups excluding tert-OH is 1. The minimum atomic E-state index is -0.709. The van der Waals surface area contributed by atoms with Gasteiger partial charge in [-0.05, 0) is 18.2 Å². The van der Waals surface area contributed by atoms with Crippen LogP contribution in [0.4, 0.5) is 10.4 Å². The quantitative estimate of drug-likeness (QED) is 0.836. The number of rotatable bonds is 3. The molecule has 0 aliphatic carbocycles. The number of benzene rings is 1. The Balaban J connectivity index is 2.13. The topological polar surface area (TPSA) is 88.2 Å². The first-order chi connectivity index (χ1) is 10.1. The summed E-state index contributed by atoms with van der Waals surface area (Å²) < 4.78 is 18.9. The second-order valence-electron chi connectivity index (χ2n) is 4.05. The maximum Gasteiger partial charge on any atom is 0.322 e. The number of halogens is 1. The molecule has 0 saturated heterocycles. The first kappa shape index (κ1) is 14.7. The fourth-order valence-electron chi connectivity index (χ4n) is 1.51. The van der Waals surface area contributed by atoms with E-state index in [0.29, 0.717) is 17.9 Å².